The molecule has 0 radical (unpaired) electrons. The van der Waals surface area contributed by atoms with Crippen LogP contribution in [0, 0.1) is 0 Å². The third-order valence-corrected chi connectivity index (χ3v) is 4.86. The molecule has 3 rings (SSSR count). The van der Waals surface area contributed by atoms with Crippen LogP contribution in [0.5, 0.6) is 11.5 Å². The fourth-order valence-corrected chi connectivity index (χ4v) is 3.29. The number of carbonyl (C=O) groups is 1. The van der Waals surface area contributed by atoms with E-state index in [4.69, 9.17) is 19.9 Å². The number of carbonyl (C=O) groups excluding carboxylic acids is 1. The average Bonchev–Trinajstić information content (AvgIpc) is 3.25. The number of amides is 1. The fourth-order valence-electron chi connectivity index (χ4n) is 3.29. The molecule has 0 aliphatic carbocycles. The van der Waals surface area contributed by atoms with Crippen molar-refractivity contribution in [1.82, 2.24) is 20.6 Å². The molecule has 2 unspecified atom stereocenters. The number of halogens is 1. The van der Waals surface area contributed by atoms with Crippen molar-refractivity contribution in [1.29, 1.82) is 0 Å². The summed E-state index contributed by atoms with van der Waals surface area (Å²) >= 11 is 0. The second-order valence-corrected chi connectivity index (χ2v) is 6.61. The summed E-state index contributed by atoms with van der Waals surface area (Å²) < 4.78 is 16.1. The number of methoxy groups -OCH3 is 2. The van der Waals surface area contributed by atoms with E-state index in [2.05, 4.69) is 20.6 Å². The van der Waals surface area contributed by atoms with Gasteiger partial charge in [-0.25, -0.2) is 9.97 Å². The Morgan fingerprint density at radius 3 is 2.66 bits per heavy atom. The number of fused-ring (bicyclic) bond motifs is 1. The number of nitrogens with two attached hydrogens (primary N) is 1. The topological polar surface area (TPSA) is 121 Å². The Bertz CT molecular complexity index is 845. The van der Waals surface area contributed by atoms with Crippen molar-refractivity contribution in [2.45, 2.75) is 31.4 Å². The minimum atomic E-state index is -0.331. The lowest BCUT2D eigenvalue weighted by Gasteiger charge is -2.18. The van der Waals surface area contributed by atoms with Crippen molar-refractivity contribution in [3.63, 3.8) is 0 Å². The van der Waals surface area contributed by atoms with E-state index in [1.54, 1.807) is 26.4 Å². The lowest BCUT2D eigenvalue weighted by molar-refractivity contribution is -0.130. The molecule has 1 aliphatic heterocycles. The summed E-state index contributed by atoms with van der Waals surface area (Å²) in [7, 11) is 4.96. The zero-order valence-electron chi connectivity index (χ0n) is 16.9. The molecule has 1 aliphatic rings. The van der Waals surface area contributed by atoms with Crippen LogP contribution in [0.2, 0.25) is 0 Å². The van der Waals surface area contributed by atoms with E-state index in [0.717, 1.165) is 12.8 Å². The van der Waals surface area contributed by atoms with E-state index in [-0.39, 0.29) is 30.5 Å². The minimum absolute atomic E-state index is 0. The Hall–Kier alpha value is -2.36. The van der Waals surface area contributed by atoms with Crippen LogP contribution in [-0.4, -0.2) is 56.4 Å². The molecule has 2 atom stereocenters. The second-order valence-electron chi connectivity index (χ2n) is 6.61. The standard InChI is InChI=1S/C19H27N5O4.ClH/c1-21-12(6-7-22-19(25)14-5-4-8-28-14)18-23-13-10-16(27-3)15(26-2)9-11(13)17(20)24-18;/h9-10,12,14,21H,4-8H2,1-3H3,(H,22,25)(H2,20,23,24);1H. The van der Waals surface area contributed by atoms with E-state index in [9.17, 15) is 4.79 Å². The number of benzene rings is 1. The van der Waals surface area contributed by atoms with Gasteiger partial charge in [-0.15, -0.1) is 12.4 Å². The lowest BCUT2D eigenvalue weighted by atomic mass is 10.1. The number of nitrogens with one attached hydrogen (secondary N) is 2. The molecule has 10 heteroatoms. The van der Waals surface area contributed by atoms with Gasteiger partial charge in [0.05, 0.1) is 25.8 Å². The van der Waals surface area contributed by atoms with Crippen molar-refractivity contribution in [3.05, 3.63) is 18.0 Å². The molecule has 1 aromatic heterocycles. The Kier molecular flexibility index (Phi) is 8.24. The summed E-state index contributed by atoms with van der Waals surface area (Å²) in [4.78, 5) is 21.2. The van der Waals surface area contributed by atoms with Gasteiger partial charge in [-0.05, 0) is 32.4 Å². The maximum absolute atomic E-state index is 12.1. The van der Waals surface area contributed by atoms with Gasteiger partial charge in [-0.3, -0.25) is 4.79 Å². The largest absolute Gasteiger partial charge is 0.493 e. The molecule has 0 spiro atoms. The molecule has 2 aromatic rings. The van der Waals surface area contributed by atoms with Gasteiger partial charge in [-0.1, -0.05) is 0 Å². The Balaban J connectivity index is 0.00000300. The first kappa shape index (κ1) is 22.9. The molecular formula is C19H28ClN5O4. The number of nitrogen functional groups attached to an aromatic ring is 1. The number of aromatic nitrogens is 2. The zero-order chi connectivity index (χ0) is 20.1. The number of hydrogen-bond acceptors (Lipinski definition) is 8. The lowest BCUT2D eigenvalue weighted by Crippen LogP contribution is -2.36. The van der Waals surface area contributed by atoms with Crippen molar-refractivity contribution >= 4 is 35.0 Å². The van der Waals surface area contributed by atoms with E-state index >= 15 is 0 Å². The second kappa shape index (κ2) is 10.4. The van der Waals surface area contributed by atoms with Crippen LogP contribution >= 0.6 is 12.4 Å². The van der Waals surface area contributed by atoms with Gasteiger partial charge in [0.1, 0.15) is 17.7 Å². The molecule has 29 heavy (non-hydrogen) atoms. The van der Waals surface area contributed by atoms with Gasteiger partial charge in [-0.2, -0.15) is 0 Å². The quantitative estimate of drug-likeness (QED) is 0.583. The summed E-state index contributed by atoms with van der Waals surface area (Å²) in [5, 5.41) is 6.80. The Labute approximate surface area is 176 Å². The first-order valence-electron chi connectivity index (χ1n) is 9.33. The van der Waals surface area contributed by atoms with Crippen molar-refractivity contribution in [3.8, 4) is 11.5 Å². The molecule has 1 aromatic carbocycles. The zero-order valence-corrected chi connectivity index (χ0v) is 17.7. The van der Waals surface area contributed by atoms with Crippen LogP contribution in [0.25, 0.3) is 10.9 Å². The van der Waals surface area contributed by atoms with E-state index in [1.165, 1.54) is 0 Å². The van der Waals surface area contributed by atoms with E-state index in [0.29, 0.717) is 53.6 Å². The molecule has 1 saturated heterocycles. The molecular weight excluding hydrogens is 398 g/mol. The highest BCUT2D eigenvalue weighted by Gasteiger charge is 2.23. The molecule has 1 fully saturated rings. The first-order valence-corrected chi connectivity index (χ1v) is 9.33. The van der Waals surface area contributed by atoms with E-state index in [1.807, 2.05) is 7.05 Å². The van der Waals surface area contributed by atoms with Crippen LogP contribution in [0.15, 0.2) is 12.1 Å². The van der Waals surface area contributed by atoms with Gasteiger partial charge in [0.25, 0.3) is 0 Å². The maximum Gasteiger partial charge on any atom is 0.249 e. The van der Waals surface area contributed by atoms with Crippen LogP contribution in [0.3, 0.4) is 0 Å². The summed E-state index contributed by atoms with van der Waals surface area (Å²) in [5.74, 6) is 2.00. The molecule has 9 nitrogen and oxygen atoms in total. The fraction of sp³-hybridized carbons (Fsp3) is 0.526. The number of rotatable bonds is 8. The van der Waals surface area contributed by atoms with Crippen molar-refractivity contribution in [2.75, 3.05) is 40.2 Å². The van der Waals surface area contributed by atoms with Gasteiger partial charge in [0.15, 0.2) is 11.5 Å². The molecule has 2 heterocycles. The maximum atomic E-state index is 12.1. The smallest absolute Gasteiger partial charge is 0.249 e. The number of ether oxygens (including phenoxy) is 3. The summed E-state index contributed by atoms with van der Waals surface area (Å²) in [6, 6.07) is 3.38. The third kappa shape index (κ3) is 5.17. The monoisotopic (exact) mass is 425 g/mol. The first-order chi connectivity index (χ1) is 13.6. The number of anilines is 1. The SMILES string of the molecule is CNC(CCNC(=O)C1CCCO1)c1nc(N)c2cc(OC)c(OC)cc2n1.Cl. The van der Waals surface area contributed by atoms with Gasteiger partial charge >= 0.3 is 0 Å². The van der Waals surface area contributed by atoms with Crippen molar-refractivity contribution < 1.29 is 19.0 Å². The van der Waals surface area contributed by atoms with E-state index < -0.39 is 0 Å². The minimum Gasteiger partial charge on any atom is -0.493 e. The van der Waals surface area contributed by atoms with Gasteiger partial charge in [0.2, 0.25) is 5.91 Å². The highest BCUT2D eigenvalue weighted by molar-refractivity contribution is 5.90. The normalized spacial score (nSPS) is 16.9. The predicted molar refractivity (Wildman–Crippen MR) is 113 cm³/mol. The highest BCUT2D eigenvalue weighted by atomic mass is 35.5. The van der Waals surface area contributed by atoms with Crippen LogP contribution in [0.4, 0.5) is 5.82 Å². The third-order valence-electron chi connectivity index (χ3n) is 4.86. The summed E-state index contributed by atoms with van der Waals surface area (Å²) in [5.41, 5.74) is 6.83. The molecule has 160 valence electrons. The predicted octanol–water partition coefficient (Wildman–Crippen LogP) is 1.60. The average molecular weight is 426 g/mol. The molecule has 1 amide bonds. The molecule has 0 bridgehead atoms. The summed E-state index contributed by atoms with van der Waals surface area (Å²) in [6.07, 6.45) is 1.99. The Morgan fingerprint density at radius 1 is 1.31 bits per heavy atom. The highest BCUT2D eigenvalue weighted by Crippen LogP contribution is 2.33. The number of nitrogens with zero attached hydrogens (tertiary/aromatic N) is 2. The van der Waals surface area contributed by atoms with Crippen LogP contribution < -0.4 is 25.8 Å². The van der Waals surface area contributed by atoms with Gasteiger partial charge in [0, 0.05) is 24.6 Å². The molecule has 0 saturated carbocycles. The Morgan fingerprint density at radius 2 is 2.03 bits per heavy atom. The number of hydrogen-bond donors (Lipinski definition) is 3. The van der Waals surface area contributed by atoms with Crippen molar-refractivity contribution in [2.24, 2.45) is 0 Å². The summed E-state index contributed by atoms with van der Waals surface area (Å²) in [6.45, 7) is 1.13. The van der Waals surface area contributed by atoms with Crippen LogP contribution in [-0.2, 0) is 9.53 Å². The molecule has 4 N–H and O–H groups in total. The van der Waals surface area contributed by atoms with Gasteiger partial charge < -0.3 is 30.6 Å². The van der Waals surface area contributed by atoms with Crippen LogP contribution in [0.1, 0.15) is 31.1 Å².